The van der Waals surface area contributed by atoms with Crippen LogP contribution in [-0.2, 0) is 26.2 Å². The number of nitrogens with one attached hydrogen (secondary N) is 1. The third-order valence-corrected chi connectivity index (χ3v) is 9.78. The Hall–Kier alpha value is -3.70. The Balaban J connectivity index is 2.11. The Kier molecular flexibility index (Phi) is 13.0. The molecule has 2 atom stereocenters. The molecule has 0 aliphatic heterocycles. The molecule has 0 aliphatic carbocycles. The summed E-state index contributed by atoms with van der Waals surface area (Å²) in [6, 6.07) is 19.6. The first-order valence-corrected chi connectivity index (χ1v) is 17.4. The molecular formula is C33H43N3O6S2. The van der Waals surface area contributed by atoms with Crippen molar-refractivity contribution in [3.05, 3.63) is 78.4 Å². The van der Waals surface area contributed by atoms with Crippen molar-refractivity contribution in [3.8, 4) is 11.5 Å². The Labute approximate surface area is 266 Å². The number of carbonyl (C=O) groups is 2. The highest BCUT2D eigenvalue weighted by Gasteiger charge is 2.35. The third-order valence-electron chi connectivity index (χ3n) is 7.26. The van der Waals surface area contributed by atoms with Crippen LogP contribution in [0.15, 0.2) is 82.6 Å². The number of benzene rings is 3. The predicted molar refractivity (Wildman–Crippen MR) is 176 cm³/mol. The Morgan fingerprint density at radius 3 is 2.16 bits per heavy atom. The van der Waals surface area contributed by atoms with Crippen molar-refractivity contribution < 1.29 is 27.5 Å². The van der Waals surface area contributed by atoms with Gasteiger partial charge in [0.2, 0.25) is 11.8 Å². The Morgan fingerprint density at radius 1 is 0.932 bits per heavy atom. The van der Waals surface area contributed by atoms with Gasteiger partial charge < -0.3 is 19.7 Å². The predicted octanol–water partition coefficient (Wildman–Crippen LogP) is 5.73. The van der Waals surface area contributed by atoms with Crippen LogP contribution in [0.1, 0.15) is 46.1 Å². The number of hydrogen-bond donors (Lipinski definition) is 1. The third kappa shape index (κ3) is 8.69. The fourth-order valence-electron chi connectivity index (χ4n) is 4.62. The molecule has 1 N–H and O–H groups in total. The van der Waals surface area contributed by atoms with E-state index in [1.165, 1.54) is 28.8 Å². The quantitative estimate of drug-likeness (QED) is 0.199. The van der Waals surface area contributed by atoms with E-state index in [9.17, 15) is 18.0 Å². The van der Waals surface area contributed by atoms with Gasteiger partial charge in [0.25, 0.3) is 10.0 Å². The zero-order chi connectivity index (χ0) is 32.3. The van der Waals surface area contributed by atoms with Crippen LogP contribution in [0.2, 0.25) is 0 Å². The number of amides is 2. The van der Waals surface area contributed by atoms with Crippen molar-refractivity contribution in [3.63, 3.8) is 0 Å². The lowest BCUT2D eigenvalue weighted by Crippen LogP contribution is -2.53. The number of thioether (sulfide) groups is 1. The molecule has 0 bridgehead atoms. The van der Waals surface area contributed by atoms with Gasteiger partial charge in [-0.05, 0) is 87.0 Å². The lowest BCUT2D eigenvalue weighted by atomic mass is 10.1. The molecular weight excluding hydrogens is 599 g/mol. The average molecular weight is 642 g/mol. The summed E-state index contributed by atoms with van der Waals surface area (Å²) in [4.78, 5) is 30.2. The number of hydrogen-bond acceptors (Lipinski definition) is 7. The van der Waals surface area contributed by atoms with Gasteiger partial charge in [-0.3, -0.25) is 13.9 Å². The Morgan fingerprint density at radius 2 is 1.59 bits per heavy atom. The van der Waals surface area contributed by atoms with E-state index in [1.807, 2.05) is 39.2 Å². The Bertz CT molecular complexity index is 1480. The molecule has 0 unspecified atom stereocenters. The van der Waals surface area contributed by atoms with Crippen LogP contribution in [-0.4, -0.2) is 63.7 Å². The molecule has 0 radical (unpaired) electrons. The maximum Gasteiger partial charge on any atom is 0.264 e. The number of anilines is 1. The monoisotopic (exact) mass is 641 g/mol. The molecule has 0 spiro atoms. The van der Waals surface area contributed by atoms with Gasteiger partial charge in [0, 0.05) is 17.5 Å². The molecule has 0 saturated heterocycles. The molecule has 0 heterocycles. The molecule has 0 saturated carbocycles. The molecule has 3 aromatic rings. The van der Waals surface area contributed by atoms with E-state index < -0.39 is 28.5 Å². The van der Waals surface area contributed by atoms with Crippen LogP contribution in [0.4, 0.5) is 5.69 Å². The van der Waals surface area contributed by atoms with Crippen LogP contribution < -0.4 is 19.1 Å². The smallest absolute Gasteiger partial charge is 0.264 e. The minimum absolute atomic E-state index is 0.0395. The summed E-state index contributed by atoms with van der Waals surface area (Å²) in [5, 5.41) is 2.99. The van der Waals surface area contributed by atoms with Gasteiger partial charge >= 0.3 is 0 Å². The molecule has 2 amide bonds. The second kappa shape index (κ2) is 16.4. The maximum absolute atomic E-state index is 14.3. The SMILES string of the molecule is CCOc1ccccc1N(CC(=O)N(Cc1ccc(OC)cc1)[C@@H](CC)C(=O)N[C@H](C)CC)S(=O)(=O)c1ccc(SC)cc1. The summed E-state index contributed by atoms with van der Waals surface area (Å²) in [6.45, 7) is 7.37. The lowest BCUT2D eigenvalue weighted by molar-refractivity contribution is -0.140. The molecule has 11 heteroatoms. The first-order valence-electron chi connectivity index (χ1n) is 14.7. The van der Waals surface area contributed by atoms with Gasteiger partial charge in [-0.1, -0.05) is 38.1 Å². The number of para-hydroxylation sites is 2. The van der Waals surface area contributed by atoms with E-state index in [4.69, 9.17) is 9.47 Å². The van der Waals surface area contributed by atoms with Crippen LogP contribution in [0.5, 0.6) is 11.5 Å². The van der Waals surface area contributed by atoms with Crippen LogP contribution in [0.25, 0.3) is 0 Å². The summed E-state index contributed by atoms with van der Waals surface area (Å²) in [5.74, 6) is 0.170. The molecule has 0 aromatic heterocycles. The highest BCUT2D eigenvalue weighted by atomic mass is 32.2. The van der Waals surface area contributed by atoms with Crippen LogP contribution in [0, 0.1) is 0 Å². The minimum atomic E-state index is -4.23. The standard InChI is InChI=1S/C33H43N3O6S2/c1-7-24(4)34-33(38)29(8-2)35(22-25-14-16-26(41-5)17-15-25)32(37)23-36(30-12-10-11-13-31(30)42-9-3)44(39,40)28-20-18-27(43-6)19-21-28/h10-21,24,29H,7-9,22-23H2,1-6H3,(H,34,38)/t24-,29+/m1/s1. The maximum atomic E-state index is 14.3. The summed E-state index contributed by atoms with van der Waals surface area (Å²) < 4.78 is 40.6. The average Bonchev–Trinajstić information content (AvgIpc) is 3.04. The van der Waals surface area contributed by atoms with E-state index in [2.05, 4.69) is 5.32 Å². The highest BCUT2D eigenvalue weighted by molar-refractivity contribution is 7.98. The molecule has 44 heavy (non-hydrogen) atoms. The number of methoxy groups -OCH3 is 1. The van der Waals surface area contributed by atoms with Gasteiger partial charge in [-0.2, -0.15) is 0 Å². The number of rotatable bonds is 16. The van der Waals surface area contributed by atoms with Crippen molar-refractivity contribution in [1.29, 1.82) is 0 Å². The van der Waals surface area contributed by atoms with Gasteiger partial charge in [0.05, 0.1) is 24.3 Å². The largest absolute Gasteiger partial charge is 0.497 e. The first-order chi connectivity index (χ1) is 21.1. The zero-order valence-electron chi connectivity index (χ0n) is 26.3. The van der Waals surface area contributed by atoms with E-state index in [-0.39, 0.29) is 29.1 Å². The summed E-state index contributed by atoms with van der Waals surface area (Å²) in [5.41, 5.74) is 1.00. The molecule has 3 aromatic carbocycles. The topological polar surface area (TPSA) is 105 Å². The van der Waals surface area contributed by atoms with Crippen molar-refractivity contribution in [2.75, 3.05) is 30.8 Å². The van der Waals surface area contributed by atoms with Crippen LogP contribution in [0.3, 0.4) is 0 Å². The van der Waals surface area contributed by atoms with Gasteiger partial charge in [0.15, 0.2) is 0 Å². The van der Waals surface area contributed by atoms with Crippen LogP contribution >= 0.6 is 11.8 Å². The normalized spacial score (nSPS) is 12.6. The molecule has 9 nitrogen and oxygen atoms in total. The number of carbonyl (C=O) groups excluding carboxylic acids is 2. The molecule has 3 rings (SSSR count). The van der Waals surface area contributed by atoms with Gasteiger partial charge in [-0.25, -0.2) is 8.42 Å². The van der Waals surface area contributed by atoms with Crippen molar-refractivity contribution in [1.82, 2.24) is 10.2 Å². The minimum Gasteiger partial charge on any atom is -0.497 e. The highest BCUT2D eigenvalue weighted by Crippen LogP contribution is 2.33. The van der Waals surface area contributed by atoms with Gasteiger partial charge in [-0.15, -0.1) is 11.8 Å². The summed E-state index contributed by atoms with van der Waals surface area (Å²) in [6.07, 6.45) is 2.97. The van der Waals surface area contributed by atoms with Crippen molar-refractivity contribution >= 4 is 39.3 Å². The van der Waals surface area contributed by atoms with Crippen molar-refractivity contribution in [2.24, 2.45) is 0 Å². The van der Waals surface area contributed by atoms with E-state index >= 15 is 0 Å². The molecule has 0 fully saturated rings. The van der Waals surface area contributed by atoms with Crippen molar-refractivity contribution in [2.45, 2.75) is 69.0 Å². The molecule has 238 valence electrons. The van der Waals surface area contributed by atoms with Gasteiger partial charge in [0.1, 0.15) is 24.1 Å². The van der Waals surface area contributed by atoms with E-state index in [0.717, 1.165) is 21.2 Å². The lowest BCUT2D eigenvalue weighted by Gasteiger charge is -2.34. The first kappa shape index (κ1) is 34.8. The number of nitrogens with zero attached hydrogens (tertiary/aromatic N) is 2. The fourth-order valence-corrected chi connectivity index (χ4v) is 6.45. The van der Waals surface area contributed by atoms with E-state index in [1.54, 1.807) is 62.6 Å². The van der Waals surface area contributed by atoms with E-state index in [0.29, 0.717) is 24.5 Å². The number of sulfonamides is 1. The second-order valence-corrected chi connectivity index (χ2v) is 12.9. The second-order valence-electron chi connectivity index (χ2n) is 10.2. The zero-order valence-corrected chi connectivity index (χ0v) is 27.9. The summed E-state index contributed by atoms with van der Waals surface area (Å²) in [7, 11) is -2.66. The molecule has 0 aliphatic rings. The fraction of sp³-hybridized carbons (Fsp3) is 0.394. The summed E-state index contributed by atoms with van der Waals surface area (Å²) >= 11 is 1.50. The number of ether oxygens (including phenoxy) is 2.